The number of hydrogen-bond donors (Lipinski definition) is 1. The zero-order valence-corrected chi connectivity index (χ0v) is 11.9. The summed E-state index contributed by atoms with van der Waals surface area (Å²) in [6, 6.07) is 0. The molecule has 0 saturated carbocycles. The van der Waals surface area contributed by atoms with E-state index in [4.69, 9.17) is 14.6 Å². The van der Waals surface area contributed by atoms with Crippen molar-refractivity contribution < 1.29 is 27.8 Å². The standard InChI is InChI=1S/C11H21NO6S/c1-17-7-2-8-19(15,16)12-5-3-10(4-6-12)18-9-11(13)14/h10H,2-9H2,1H3,(H,13,14). The third kappa shape index (κ3) is 5.85. The summed E-state index contributed by atoms with van der Waals surface area (Å²) in [6.07, 6.45) is 1.39. The molecule has 0 aromatic carbocycles. The predicted octanol–water partition coefficient (Wildman–Crippen LogP) is -0.0817. The number of rotatable bonds is 8. The molecule has 0 aliphatic carbocycles. The topological polar surface area (TPSA) is 93.1 Å². The van der Waals surface area contributed by atoms with Crippen molar-refractivity contribution in [3.63, 3.8) is 0 Å². The quantitative estimate of drug-likeness (QED) is 0.629. The molecule has 0 spiro atoms. The van der Waals surface area contributed by atoms with Gasteiger partial charge in [0.05, 0.1) is 11.9 Å². The highest BCUT2D eigenvalue weighted by Crippen LogP contribution is 2.17. The van der Waals surface area contributed by atoms with Crippen molar-refractivity contribution in [2.75, 3.05) is 39.2 Å². The van der Waals surface area contributed by atoms with Crippen LogP contribution in [0.25, 0.3) is 0 Å². The van der Waals surface area contributed by atoms with E-state index in [0.29, 0.717) is 39.0 Å². The summed E-state index contributed by atoms with van der Waals surface area (Å²) in [5.41, 5.74) is 0. The summed E-state index contributed by atoms with van der Waals surface area (Å²) in [5, 5.41) is 8.50. The Labute approximate surface area is 113 Å². The minimum atomic E-state index is -3.23. The fourth-order valence-electron chi connectivity index (χ4n) is 1.98. The second kappa shape index (κ2) is 7.78. The fraction of sp³-hybridized carbons (Fsp3) is 0.909. The lowest BCUT2D eigenvalue weighted by Gasteiger charge is -2.30. The van der Waals surface area contributed by atoms with Gasteiger partial charge in [0, 0.05) is 26.8 Å². The number of ether oxygens (including phenoxy) is 2. The Morgan fingerprint density at radius 3 is 2.53 bits per heavy atom. The van der Waals surface area contributed by atoms with Crippen molar-refractivity contribution in [3.8, 4) is 0 Å². The molecule has 1 aliphatic rings. The first-order valence-electron chi connectivity index (χ1n) is 6.26. The Kier molecular flexibility index (Phi) is 6.70. The molecule has 1 saturated heterocycles. The highest BCUT2D eigenvalue weighted by Gasteiger charge is 2.28. The fourth-order valence-corrected chi connectivity index (χ4v) is 3.49. The first-order chi connectivity index (χ1) is 8.95. The van der Waals surface area contributed by atoms with Crippen LogP contribution in [0.5, 0.6) is 0 Å². The summed E-state index contributed by atoms with van der Waals surface area (Å²) in [5.74, 6) is -0.920. The predicted molar refractivity (Wildman–Crippen MR) is 68.5 cm³/mol. The number of methoxy groups -OCH3 is 1. The van der Waals surface area contributed by atoms with E-state index in [1.807, 2.05) is 0 Å². The van der Waals surface area contributed by atoms with Gasteiger partial charge in [0.1, 0.15) is 6.61 Å². The van der Waals surface area contributed by atoms with Gasteiger partial charge in [-0.3, -0.25) is 0 Å². The van der Waals surface area contributed by atoms with Crippen LogP contribution in [-0.4, -0.2) is 69.1 Å². The smallest absolute Gasteiger partial charge is 0.329 e. The number of carboxylic acids is 1. The minimum Gasteiger partial charge on any atom is -0.480 e. The number of hydrogen-bond acceptors (Lipinski definition) is 5. The number of aliphatic carboxylic acids is 1. The highest BCUT2D eigenvalue weighted by molar-refractivity contribution is 7.89. The second-order valence-corrected chi connectivity index (χ2v) is 6.55. The van der Waals surface area contributed by atoms with Gasteiger partial charge in [0.25, 0.3) is 0 Å². The monoisotopic (exact) mass is 295 g/mol. The van der Waals surface area contributed by atoms with Crippen LogP contribution in [0.15, 0.2) is 0 Å². The van der Waals surface area contributed by atoms with Gasteiger partial charge in [0.2, 0.25) is 10.0 Å². The SMILES string of the molecule is COCCCS(=O)(=O)N1CCC(OCC(=O)O)CC1. The van der Waals surface area contributed by atoms with Gasteiger partial charge in [-0.15, -0.1) is 0 Å². The molecule has 0 aromatic heterocycles. The lowest BCUT2D eigenvalue weighted by molar-refractivity contribution is -0.145. The molecule has 0 unspecified atom stereocenters. The van der Waals surface area contributed by atoms with Crippen molar-refractivity contribution in [3.05, 3.63) is 0 Å². The van der Waals surface area contributed by atoms with Crippen molar-refractivity contribution in [2.24, 2.45) is 0 Å². The van der Waals surface area contributed by atoms with Crippen molar-refractivity contribution in [1.82, 2.24) is 4.31 Å². The summed E-state index contributed by atoms with van der Waals surface area (Å²) in [6.45, 7) is 0.877. The van der Waals surface area contributed by atoms with Crippen LogP contribution >= 0.6 is 0 Å². The maximum atomic E-state index is 12.0. The van der Waals surface area contributed by atoms with Gasteiger partial charge < -0.3 is 14.6 Å². The van der Waals surface area contributed by atoms with Crippen LogP contribution in [0, 0.1) is 0 Å². The Bertz CT molecular complexity index is 375. The zero-order valence-electron chi connectivity index (χ0n) is 11.1. The molecule has 7 nitrogen and oxygen atoms in total. The lowest BCUT2D eigenvalue weighted by atomic mass is 10.1. The molecule has 1 fully saturated rings. The molecule has 112 valence electrons. The van der Waals surface area contributed by atoms with Gasteiger partial charge in [-0.25, -0.2) is 17.5 Å². The van der Waals surface area contributed by atoms with Crippen molar-refractivity contribution in [1.29, 1.82) is 0 Å². The summed E-state index contributed by atoms with van der Waals surface area (Å²) >= 11 is 0. The van der Waals surface area contributed by atoms with E-state index < -0.39 is 16.0 Å². The van der Waals surface area contributed by atoms with E-state index in [0.717, 1.165) is 0 Å². The molecule has 19 heavy (non-hydrogen) atoms. The van der Waals surface area contributed by atoms with Crippen molar-refractivity contribution in [2.45, 2.75) is 25.4 Å². The summed E-state index contributed by atoms with van der Waals surface area (Å²) in [4.78, 5) is 10.4. The van der Waals surface area contributed by atoms with Crippen LogP contribution < -0.4 is 0 Å². The Morgan fingerprint density at radius 1 is 1.37 bits per heavy atom. The van der Waals surface area contributed by atoms with E-state index in [9.17, 15) is 13.2 Å². The average Bonchev–Trinajstić information content (AvgIpc) is 2.37. The second-order valence-electron chi connectivity index (χ2n) is 4.47. The molecule has 1 N–H and O–H groups in total. The first kappa shape index (κ1) is 16.4. The number of carbonyl (C=O) groups is 1. The number of carboxylic acid groups (broad SMARTS) is 1. The zero-order chi connectivity index (χ0) is 14.3. The summed E-state index contributed by atoms with van der Waals surface area (Å²) in [7, 11) is -1.69. The molecule has 1 aliphatic heterocycles. The molecule has 1 heterocycles. The average molecular weight is 295 g/mol. The van der Waals surface area contributed by atoms with E-state index >= 15 is 0 Å². The van der Waals surface area contributed by atoms with Gasteiger partial charge in [0.15, 0.2) is 0 Å². The number of sulfonamides is 1. The Hall–Kier alpha value is -0.700. The van der Waals surface area contributed by atoms with Gasteiger partial charge in [-0.1, -0.05) is 0 Å². The lowest BCUT2D eigenvalue weighted by Crippen LogP contribution is -2.42. The van der Waals surface area contributed by atoms with Crippen LogP contribution in [0.1, 0.15) is 19.3 Å². The molecule has 0 atom stereocenters. The molecular weight excluding hydrogens is 274 g/mol. The number of piperidine rings is 1. The van der Waals surface area contributed by atoms with Crippen LogP contribution in [0.3, 0.4) is 0 Å². The van der Waals surface area contributed by atoms with E-state index in [1.165, 1.54) is 11.4 Å². The molecular formula is C11H21NO6S. The summed E-state index contributed by atoms with van der Waals surface area (Å²) < 4.78 is 35.4. The van der Waals surface area contributed by atoms with Gasteiger partial charge in [-0.05, 0) is 19.3 Å². The van der Waals surface area contributed by atoms with E-state index in [-0.39, 0.29) is 18.5 Å². The normalized spacial score (nSPS) is 18.6. The molecule has 0 amide bonds. The maximum absolute atomic E-state index is 12.0. The minimum absolute atomic E-state index is 0.0848. The highest BCUT2D eigenvalue weighted by atomic mass is 32.2. The largest absolute Gasteiger partial charge is 0.480 e. The third-order valence-electron chi connectivity index (χ3n) is 2.99. The first-order valence-corrected chi connectivity index (χ1v) is 7.87. The number of nitrogens with zero attached hydrogens (tertiary/aromatic N) is 1. The molecule has 0 radical (unpaired) electrons. The van der Waals surface area contributed by atoms with Crippen LogP contribution in [0.2, 0.25) is 0 Å². The molecule has 0 bridgehead atoms. The maximum Gasteiger partial charge on any atom is 0.329 e. The van der Waals surface area contributed by atoms with E-state index in [2.05, 4.69) is 0 Å². The van der Waals surface area contributed by atoms with Crippen LogP contribution in [-0.2, 0) is 24.3 Å². The van der Waals surface area contributed by atoms with E-state index in [1.54, 1.807) is 0 Å². The molecule has 0 aromatic rings. The third-order valence-corrected chi connectivity index (χ3v) is 4.94. The Balaban J connectivity index is 2.34. The molecule has 1 rings (SSSR count). The molecule has 8 heteroatoms. The van der Waals surface area contributed by atoms with Gasteiger partial charge >= 0.3 is 5.97 Å². The van der Waals surface area contributed by atoms with Crippen LogP contribution in [0.4, 0.5) is 0 Å². The Morgan fingerprint density at radius 2 is 2.00 bits per heavy atom. The van der Waals surface area contributed by atoms with Crippen molar-refractivity contribution >= 4 is 16.0 Å². The van der Waals surface area contributed by atoms with Gasteiger partial charge in [-0.2, -0.15) is 0 Å².